The summed E-state index contributed by atoms with van der Waals surface area (Å²) in [5, 5.41) is 4.05. The van der Waals surface area contributed by atoms with Gasteiger partial charge in [0.25, 0.3) is 0 Å². The van der Waals surface area contributed by atoms with Gasteiger partial charge in [-0.15, -0.1) is 0 Å². The van der Waals surface area contributed by atoms with Gasteiger partial charge >= 0.3 is 5.97 Å². The third-order valence-corrected chi connectivity index (χ3v) is 6.45. The molecule has 1 aliphatic heterocycles. The molecule has 0 saturated carbocycles. The number of carbonyl (C=O) groups excluding carboxylic acids is 1. The number of pyridine rings is 1. The molecule has 2 heterocycles. The minimum atomic E-state index is -3.22. The first-order chi connectivity index (χ1) is 14.3. The largest absolute Gasteiger partial charge is 0.496 e. The highest BCUT2D eigenvalue weighted by Gasteiger charge is 2.28. The molecule has 9 nitrogen and oxygen atoms in total. The molecule has 1 aromatic carbocycles. The van der Waals surface area contributed by atoms with Crippen molar-refractivity contribution in [3.8, 4) is 11.5 Å². The van der Waals surface area contributed by atoms with Gasteiger partial charge in [-0.2, -0.15) is 0 Å². The molecule has 0 spiro atoms. The van der Waals surface area contributed by atoms with Crippen molar-refractivity contribution >= 4 is 32.6 Å². The second-order valence-electron chi connectivity index (χ2n) is 7.04. The molecule has 0 unspecified atom stereocenters. The highest BCUT2D eigenvalue weighted by molar-refractivity contribution is 7.88. The number of nitrogens with one attached hydrogen (secondary N) is 1. The van der Waals surface area contributed by atoms with E-state index in [4.69, 9.17) is 14.2 Å². The van der Waals surface area contributed by atoms with Crippen molar-refractivity contribution in [1.29, 1.82) is 0 Å². The van der Waals surface area contributed by atoms with E-state index in [0.717, 1.165) is 0 Å². The van der Waals surface area contributed by atoms with E-state index in [2.05, 4.69) is 10.3 Å². The average Bonchev–Trinajstić information content (AvgIpc) is 2.72. The van der Waals surface area contributed by atoms with Crippen molar-refractivity contribution < 1.29 is 27.4 Å². The Hall–Kier alpha value is -2.59. The van der Waals surface area contributed by atoms with E-state index < -0.39 is 16.0 Å². The third kappa shape index (κ3) is 4.44. The molecule has 0 amide bonds. The van der Waals surface area contributed by atoms with Crippen molar-refractivity contribution in [2.24, 2.45) is 0 Å². The zero-order valence-electron chi connectivity index (χ0n) is 17.6. The van der Waals surface area contributed by atoms with Crippen molar-refractivity contribution in [2.45, 2.75) is 25.8 Å². The lowest BCUT2D eigenvalue weighted by Gasteiger charge is -2.32. The standard InChI is InChI=1S/C20H27N3O6S/c1-5-29-20(24)14-12-21-19-16(28-3)7-6-15(27-2)17(19)18(14)22-13-8-10-23(11-9-13)30(4,25)26/h6-7,12-13H,5,8-11H2,1-4H3,(H,21,22). The molecule has 0 radical (unpaired) electrons. The number of benzene rings is 1. The van der Waals surface area contributed by atoms with E-state index in [1.165, 1.54) is 16.8 Å². The smallest absolute Gasteiger partial charge is 0.341 e. The van der Waals surface area contributed by atoms with Crippen LogP contribution < -0.4 is 14.8 Å². The van der Waals surface area contributed by atoms with Crippen LogP contribution in [0, 0.1) is 0 Å². The Morgan fingerprint density at radius 1 is 1.20 bits per heavy atom. The molecular weight excluding hydrogens is 410 g/mol. The van der Waals surface area contributed by atoms with Gasteiger partial charge in [-0.1, -0.05) is 0 Å². The number of anilines is 1. The number of rotatable bonds is 7. The quantitative estimate of drug-likeness (QED) is 0.658. The van der Waals surface area contributed by atoms with Gasteiger partial charge < -0.3 is 19.5 Å². The highest BCUT2D eigenvalue weighted by atomic mass is 32.2. The average molecular weight is 438 g/mol. The zero-order chi connectivity index (χ0) is 21.9. The summed E-state index contributed by atoms with van der Waals surface area (Å²) >= 11 is 0. The summed E-state index contributed by atoms with van der Waals surface area (Å²) in [6.07, 6.45) is 3.89. The number of fused-ring (bicyclic) bond motifs is 1. The maximum atomic E-state index is 12.6. The van der Waals surface area contributed by atoms with Crippen LogP contribution in [0.2, 0.25) is 0 Å². The van der Waals surface area contributed by atoms with Crippen molar-refractivity contribution in [3.63, 3.8) is 0 Å². The maximum Gasteiger partial charge on any atom is 0.341 e. The van der Waals surface area contributed by atoms with Crippen LogP contribution in [0.4, 0.5) is 5.69 Å². The second kappa shape index (κ2) is 9.05. The number of ether oxygens (including phenoxy) is 3. The Labute approximate surface area is 176 Å². The Balaban J connectivity index is 2.06. The summed E-state index contributed by atoms with van der Waals surface area (Å²) in [4.78, 5) is 17.1. The van der Waals surface area contributed by atoms with Gasteiger partial charge in [0.1, 0.15) is 22.6 Å². The third-order valence-electron chi connectivity index (χ3n) is 5.15. The fourth-order valence-corrected chi connectivity index (χ4v) is 4.51. The number of aromatic nitrogens is 1. The lowest BCUT2D eigenvalue weighted by molar-refractivity contribution is 0.0527. The first-order valence-corrected chi connectivity index (χ1v) is 11.6. The molecule has 1 saturated heterocycles. The summed E-state index contributed by atoms with van der Waals surface area (Å²) in [5.41, 5.74) is 1.40. The molecule has 0 atom stereocenters. The van der Waals surface area contributed by atoms with Crippen LogP contribution in [0.5, 0.6) is 11.5 Å². The normalized spacial score (nSPS) is 15.7. The Morgan fingerprint density at radius 3 is 2.40 bits per heavy atom. The molecule has 3 rings (SSSR count). The van der Waals surface area contributed by atoms with Gasteiger partial charge in [0.05, 0.1) is 38.2 Å². The van der Waals surface area contributed by atoms with Crippen molar-refractivity contribution in [3.05, 3.63) is 23.9 Å². The Kier molecular flexibility index (Phi) is 6.67. The van der Waals surface area contributed by atoms with Crippen LogP contribution in [0.15, 0.2) is 18.3 Å². The van der Waals surface area contributed by atoms with Crippen LogP contribution in [0.25, 0.3) is 10.9 Å². The molecule has 1 aromatic heterocycles. The van der Waals surface area contributed by atoms with Gasteiger partial charge in [-0.3, -0.25) is 4.98 Å². The molecule has 1 aliphatic rings. The number of hydrogen-bond donors (Lipinski definition) is 1. The predicted octanol–water partition coefficient (Wildman–Crippen LogP) is 2.26. The van der Waals surface area contributed by atoms with Crippen LogP contribution >= 0.6 is 0 Å². The van der Waals surface area contributed by atoms with Crippen LogP contribution in [-0.4, -0.2) is 69.9 Å². The van der Waals surface area contributed by atoms with Crippen molar-refractivity contribution in [2.75, 3.05) is 45.5 Å². The van der Waals surface area contributed by atoms with Crippen LogP contribution in [0.3, 0.4) is 0 Å². The monoisotopic (exact) mass is 437 g/mol. The van der Waals surface area contributed by atoms with E-state index in [9.17, 15) is 13.2 Å². The zero-order valence-corrected chi connectivity index (χ0v) is 18.4. The fourth-order valence-electron chi connectivity index (χ4n) is 3.64. The summed E-state index contributed by atoms with van der Waals surface area (Å²) in [6.45, 7) is 2.80. The van der Waals surface area contributed by atoms with Gasteiger partial charge in [-0.25, -0.2) is 17.5 Å². The van der Waals surface area contributed by atoms with Crippen molar-refractivity contribution in [1.82, 2.24) is 9.29 Å². The summed E-state index contributed by atoms with van der Waals surface area (Å²) in [5.74, 6) is 0.601. The minimum absolute atomic E-state index is 0.0299. The number of esters is 1. The number of carbonyl (C=O) groups is 1. The van der Waals surface area contributed by atoms with Gasteiger partial charge in [0.15, 0.2) is 0 Å². The topological polar surface area (TPSA) is 107 Å². The van der Waals surface area contributed by atoms with E-state index >= 15 is 0 Å². The molecule has 1 fully saturated rings. The Morgan fingerprint density at radius 2 is 1.83 bits per heavy atom. The predicted molar refractivity (Wildman–Crippen MR) is 114 cm³/mol. The number of sulfonamides is 1. The number of methoxy groups -OCH3 is 2. The SMILES string of the molecule is CCOC(=O)c1cnc2c(OC)ccc(OC)c2c1NC1CCN(S(C)(=O)=O)CC1. The Bertz CT molecular complexity index is 1030. The number of piperidine rings is 1. The maximum absolute atomic E-state index is 12.6. The molecule has 0 aliphatic carbocycles. The lowest BCUT2D eigenvalue weighted by atomic mass is 10.0. The highest BCUT2D eigenvalue weighted by Crippen LogP contribution is 2.39. The van der Waals surface area contributed by atoms with Gasteiger partial charge in [0, 0.05) is 25.3 Å². The number of hydrogen-bond acceptors (Lipinski definition) is 8. The van der Waals surface area contributed by atoms with Crippen LogP contribution in [-0.2, 0) is 14.8 Å². The molecule has 1 N–H and O–H groups in total. The van der Waals surface area contributed by atoms with E-state index in [1.54, 1.807) is 33.3 Å². The second-order valence-corrected chi connectivity index (χ2v) is 9.02. The summed E-state index contributed by atoms with van der Waals surface area (Å²) in [6, 6.07) is 3.49. The first-order valence-electron chi connectivity index (χ1n) is 9.72. The molecule has 30 heavy (non-hydrogen) atoms. The fraction of sp³-hybridized carbons (Fsp3) is 0.500. The molecule has 10 heteroatoms. The van der Waals surface area contributed by atoms with Gasteiger partial charge in [-0.05, 0) is 31.9 Å². The van der Waals surface area contributed by atoms with E-state index in [-0.39, 0.29) is 12.6 Å². The molecule has 164 valence electrons. The molecule has 2 aromatic rings. The molecule has 0 bridgehead atoms. The van der Waals surface area contributed by atoms with Crippen LogP contribution in [0.1, 0.15) is 30.1 Å². The molecular formula is C20H27N3O6S. The summed E-state index contributed by atoms with van der Waals surface area (Å²) < 4.78 is 41.3. The van der Waals surface area contributed by atoms with Gasteiger partial charge in [0.2, 0.25) is 10.0 Å². The number of nitrogens with zero attached hydrogens (tertiary/aromatic N) is 2. The first kappa shape index (κ1) is 22.1. The lowest BCUT2D eigenvalue weighted by Crippen LogP contribution is -2.42. The summed E-state index contributed by atoms with van der Waals surface area (Å²) in [7, 11) is -0.120. The van der Waals surface area contributed by atoms with E-state index in [0.29, 0.717) is 59.6 Å². The van der Waals surface area contributed by atoms with E-state index in [1.807, 2.05) is 0 Å². The minimum Gasteiger partial charge on any atom is -0.496 e.